The summed E-state index contributed by atoms with van der Waals surface area (Å²) in [5.74, 6) is 1.20. The molecule has 2 rings (SSSR count). The van der Waals surface area contributed by atoms with Crippen molar-refractivity contribution in [3.8, 4) is 11.5 Å². The van der Waals surface area contributed by atoms with E-state index in [-0.39, 0.29) is 0 Å². The van der Waals surface area contributed by atoms with Crippen LogP contribution in [0.2, 0.25) is 10.0 Å². The van der Waals surface area contributed by atoms with Gasteiger partial charge in [0.1, 0.15) is 18.1 Å². The summed E-state index contributed by atoms with van der Waals surface area (Å²) in [4.78, 5) is 0. The zero-order valence-electron chi connectivity index (χ0n) is 10.6. The SMILES string of the molecule is COc1cc(N)cc(COc2cc(Cl)c(Br)cc2Cl)c1. The van der Waals surface area contributed by atoms with E-state index < -0.39 is 0 Å². The van der Waals surface area contributed by atoms with Crippen molar-refractivity contribution < 1.29 is 9.47 Å². The Hall–Kier alpha value is -1.10. The van der Waals surface area contributed by atoms with Crippen molar-refractivity contribution >= 4 is 44.8 Å². The molecule has 0 atom stereocenters. The van der Waals surface area contributed by atoms with Crippen molar-refractivity contribution in [3.63, 3.8) is 0 Å². The maximum atomic E-state index is 6.09. The van der Waals surface area contributed by atoms with E-state index >= 15 is 0 Å². The molecule has 0 aliphatic rings. The van der Waals surface area contributed by atoms with Crippen LogP contribution in [0.1, 0.15) is 5.56 Å². The molecule has 2 aromatic carbocycles. The largest absolute Gasteiger partial charge is 0.497 e. The van der Waals surface area contributed by atoms with E-state index in [1.165, 1.54) is 0 Å². The summed E-state index contributed by atoms with van der Waals surface area (Å²) in [5.41, 5.74) is 7.29. The minimum atomic E-state index is 0.319. The van der Waals surface area contributed by atoms with Crippen LogP contribution in [0.4, 0.5) is 5.69 Å². The Balaban J connectivity index is 2.16. The molecule has 0 radical (unpaired) electrons. The Labute approximate surface area is 135 Å². The van der Waals surface area contributed by atoms with E-state index in [4.69, 9.17) is 38.4 Å². The molecule has 0 saturated heterocycles. The summed E-state index contributed by atoms with van der Waals surface area (Å²) in [7, 11) is 1.59. The Morgan fingerprint density at radius 1 is 1.10 bits per heavy atom. The van der Waals surface area contributed by atoms with Gasteiger partial charge in [-0.2, -0.15) is 0 Å². The second kappa shape index (κ2) is 6.57. The molecule has 0 heterocycles. The predicted molar refractivity (Wildman–Crippen MR) is 85.9 cm³/mol. The molecule has 20 heavy (non-hydrogen) atoms. The van der Waals surface area contributed by atoms with Gasteiger partial charge in [-0.3, -0.25) is 0 Å². The number of methoxy groups -OCH3 is 1. The maximum Gasteiger partial charge on any atom is 0.139 e. The molecular formula is C14H12BrCl2NO2. The molecule has 0 bridgehead atoms. The number of hydrogen-bond donors (Lipinski definition) is 1. The van der Waals surface area contributed by atoms with Crippen LogP contribution in [0.3, 0.4) is 0 Å². The monoisotopic (exact) mass is 375 g/mol. The average Bonchev–Trinajstić information content (AvgIpc) is 2.40. The number of nitrogens with two attached hydrogens (primary N) is 1. The number of rotatable bonds is 4. The number of hydrogen-bond acceptors (Lipinski definition) is 3. The molecule has 0 amide bonds. The van der Waals surface area contributed by atoms with Gasteiger partial charge in [-0.25, -0.2) is 0 Å². The van der Waals surface area contributed by atoms with Gasteiger partial charge in [0, 0.05) is 22.3 Å². The zero-order valence-corrected chi connectivity index (χ0v) is 13.7. The molecule has 0 spiro atoms. The Morgan fingerprint density at radius 2 is 1.85 bits per heavy atom. The number of halogens is 3. The number of benzene rings is 2. The third-order valence-corrected chi connectivity index (χ3v) is 4.09. The van der Waals surface area contributed by atoms with Crippen LogP contribution >= 0.6 is 39.1 Å². The fourth-order valence-electron chi connectivity index (χ4n) is 1.66. The predicted octanol–water partition coefficient (Wildman–Crippen LogP) is 4.93. The molecule has 2 aromatic rings. The summed E-state index contributed by atoms with van der Waals surface area (Å²) in [6.45, 7) is 0.319. The van der Waals surface area contributed by atoms with Gasteiger partial charge in [-0.1, -0.05) is 23.2 Å². The Morgan fingerprint density at radius 3 is 2.55 bits per heavy atom. The second-order valence-electron chi connectivity index (χ2n) is 4.10. The van der Waals surface area contributed by atoms with Crippen molar-refractivity contribution in [2.24, 2.45) is 0 Å². The van der Waals surface area contributed by atoms with E-state index in [1.54, 1.807) is 25.3 Å². The number of ether oxygens (including phenoxy) is 2. The standard InChI is InChI=1S/C14H12BrCl2NO2/c1-19-10-3-8(2-9(18)4-10)7-20-14-6-12(16)11(15)5-13(14)17/h2-6H,7,18H2,1H3. The van der Waals surface area contributed by atoms with E-state index in [0.717, 1.165) is 10.0 Å². The van der Waals surface area contributed by atoms with Gasteiger partial charge in [0.2, 0.25) is 0 Å². The summed E-state index contributed by atoms with van der Waals surface area (Å²) >= 11 is 15.4. The molecule has 0 unspecified atom stereocenters. The summed E-state index contributed by atoms with van der Waals surface area (Å²) in [5, 5.41) is 1.02. The van der Waals surface area contributed by atoms with Crippen molar-refractivity contribution in [1.82, 2.24) is 0 Å². The zero-order chi connectivity index (χ0) is 14.7. The lowest BCUT2D eigenvalue weighted by Gasteiger charge is -2.11. The van der Waals surface area contributed by atoms with Crippen LogP contribution in [0.5, 0.6) is 11.5 Å². The van der Waals surface area contributed by atoms with Crippen LogP contribution in [0.25, 0.3) is 0 Å². The molecule has 0 aliphatic heterocycles. The Kier molecular flexibility index (Phi) is 5.02. The first kappa shape index (κ1) is 15.3. The van der Waals surface area contributed by atoms with Crippen LogP contribution in [0.15, 0.2) is 34.8 Å². The quantitative estimate of drug-likeness (QED) is 0.608. The average molecular weight is 377 g/mol. The molecule has 0 saturated carbocycles. The van der Waals surface area contributed by atoms with Crippen LogP contribution in [-0.2, 0) is 6.61 Å². The number of nitrogen functional groups attached to an aromatic ring is 1. The lowest BCUT2D eigenvalue weighted by atomic mass is 10.2. The minimum absolute atomic E-state index is 0.319. The van der Waals surface area contributed by atoms with Gasteiger partial charge in [0.25, 0.3) is 0 Å². The molecule has 106 valence electrons. The first-order valence-electron chi connectivity index (χ1n) is 5.70. The van der Waals surface area contributed by atoms with E-state index in [2.05, 4.69) is 15.9 Å². The van der Waals surface area contributed by atoms with Crippen molar-refractivity contribution in [2.45, 2.75) is 6.61 Å². The van der Waals surface area contributed by atoms with E-state index in [1.807, 2.05) is 12.1 Å². The van der Waals surface area contributed by atoms with Gasteiger partial charge in [0.15, 0.2) is 0 Å². The van der Waals surface area contributed by atoms with Crippen molar-refractivity contribution in [1.29, 1.82) is 0 Å². The fourth-order valence-corrected chi connectivity index (χ4v) is 2.51. The summed E-state index contributed by atoms with van der Waals surface area (Å²) in [6, 6.07) is 8.77. The van der Waals surface area contributed by atoms with E-state index in [9.17, 15) is 0 Å². The molecule has 6 heteroatoms. The molecular weight excluding hydrogens is 365 g/mol. The van der Waals surface area contributed by atoms with Crippen LogP contribution < -0.4 is 15.2 Å². The lowest BCUT2D eigenvalue weighted by Crippen LogP contribution is -1.98. The Bertz CT molecular complexity index is 635. The first-order valence-corrected chi connectivity index (χ1v) is 7.25. The molecule has 0 fully saturated rings. The van der Waals surface area contributed by atoms with Gasteiger partial charge in [-0.15, -0.1) is 0 Å². The van der Waals surface area contributed by atoms with Gasteiger partial charge in [-0.05, 0) is 39.7 Å². The molecule has 0 aliphatic carbocycles. The highest BCUT2D eigenvalue weighted by Gasteiger charge is 2.08. The highest BCUT2D eigenvalue weighted by molar-refractivity contribution is 9.10. The highest BCUT2D eigenvalue weighted by Crippen LogP contribution is 2.34. The molecule has 3 nitrogen and oxygen atoms in total. The van der Waals surface area contributed by atoms with Crippen molar-refractivity contribution in [2.75, 3.05) is 12.8 Å². The maximum absolute atomic E-state index is 6.09. The third-order valence-electron chi connectivity index (χ3n) is 2.59. The lowest BCUT2D eigenvalue weighted by molar-refractivity contribution is 0.305. The third kappa shape index (κ3) is 3.72. The van der Waals surface area contributed by atoms with Gasteiger partial charge in [0.05, 0.1) is 17.2 Å². The summed E-state index contributed by atoms with van der Waals surface area (Å²) < 4.78 is 11.5. The van der Waals surface area contributed by atoms with Crippen LogP contribution in [-0.4, -0.2) is 7.11 Å². The molecule has 2 N–H and O–H groups in total. The second-order valence-corrected chi connectivity index (χ2v) is 5.77. The normalized spacial score (nSPS) is 10.4. The molecule has 0 aromatic heterocycles. The first-order chi connectivity index (χ1) is 9.49. The van der Waals surface area contributed by atoms with Crippen LogP contribution in [0, 0.1) is 0 Å². The topological polar surface area (TPSA) is 44.5 Å². The van der Waals surface area contributed by atoms with Crippen molar-refractivity contribution in [3.05, 3.63) is 50.4 Å². The van der Waals surface area contributed by atoms with E-state index in [0.29, 0.717) is 33.8 Å². The highest BCUT2D eigenvalue weighted by atomic mass is 79.9. The van der Waals surface area contributed by atoms with Gasteiger partial charge < -0.3 is 15.2 Å². The fraction of sp³-hybridized carbons (Fsp3) is 0.143. The number of anilines is 1. The minimum Gasteiger partial charge on any atom is -0.497 e. The summed E-state index contributed by atoms with van der Waals surface area (Å²) in [6.07, 6.45) is 0. The smallest absolute Gasteiger partial charge is 0.139 e. The van der Waals surface area contributed by atoms with Gasteiger partial charge >= 0.3 is 0 Å².